The molecule has 1 saturated heterocycles. The lowest BCUT2D eigenvalue weighted by Crippen LogP contribution is -2.37. The fourth-order valence-corrected chi connectivity index (χ4v) is 4.91. The van der Waals surface area contributed by atoms with Crippen LogP contribution in [0.3, 0.4) is 0 Å². The van der Waals surface area contributed by atoms with Crippen molar-refractivity contribution in [2.75, 3.05) is 40.3 Å². The molecule has 0 unspecified atom stereocenters. The fraction of sp³-hybridized carbons (Fsp3) is 0.481. The number of piperidine rings is 1. The van der Waals surface area contributed by atoms with E-state index in [9.17, 15) is 0 Å². The number of nitrogens with zero attached hydrogens (tertiary/aromatic N) is 1. The number of hydrogen-bond donors (Lipinski definition) is 2. The number of aryl methyl sites for hydroxylation is 1. The number of aromatic nitrogens is 1. The van der Waals surface area contributed by atoms with E-state index in [2.05, 4.69) is 72.4 Å². The first-order valence-electron chi connectivity index (χ1n) is 11.7. The van der Waals surface area contributed by atoms with Crippen LogP contribution in [0.25, 0.3) is 22.2 Å². The average Bonchev–Trinajstić information content (AvgIpc) is 3.13. The number of aromatic amines is 1. The van der Waals surface area contributed by atoms with E-state index in [0.29, 0.717) is 11.8 Å². The molecule has 0 aliphatic carbocycles. The van der Waals surface area contributed by atoms with E-state index in [4.69, 9.17) is 4.74 Å². The summed E-state index contributed by atoms with van der Waals surface area (Å²) in [6, 6.07) is 13.6. The van der Waals surface area contributed by atoms with Gasteiger partial charge in [-0.15, -0.1) is 0 Å². The van der Waals surface area contributed by atoms with Gasteiger partial charge in [0.2, 0.25) is 0 Å². The van der Waals surface area contributed by atoms with Crippen LogP contribution in [0.15, 0.2) is 36.4 Å². The lowest BCUT2D eigenvalue weighted by atomic mass is 9.88. The van der Waals surface area contributed by atoms with E-state index in [-0.39, 0.29) is 0 Å². The predicted molar refractivity (Wildman–Crippen MR) is 131 cm³/mol. The zero-order chi connectivity index (χ0) is 22.0. The minimum atomic E-state index is 0.486. The molecule has 0 amide bonds. The highest BCUT2D eigenvalue weighted by atomic mass is 16.5. The number of H-pyrrole nitrogens is 1. The number of likely N-dealkylation sites (tertiary alicyclic amines) is 1. The molecule has 3 aromatic rings. The maximum Gasteiger partial charge on any atom is 0.128 e. The third-order valence-corrected chi connectivity index (χ3v) is 6.98. The van der Waals surface area contributed by atoms with Crippen molar-refractivity contribution in [1.82, 2.24) is 15.2 Å². The summed E-state index contributed by atoms with van der Waals surface area (Å²) in [7, 11) is 3.79. The van der Waals surface area contributed by atoms with Crippen molar-refractivity contribution in [3.05, 3.63) is 53.1 Å². The van der Waals surface area contributed by atoms with Crippen LogP contribution < -0.4 is 10.1 Å². The molecule has 2 N–H and O–H groups in total. The summed E-state index contributed by atoms with van der Waals surface area (Å²) in [5, 5.41) is 4.60. The second-order valence-electron chi connectivity index (χ2n) is 9.26. The smallest absolute Gasteiger partial charge is 0.128 e. The van der Waals surface area contributed by atoms with Crippen LogP contribution in [-0.4, -0.2) is 50.2 Å². The Kier molecular flexibility index (Phi) is 6.68. The van der Waals surface area contributed by atoms with Crippen LogP contribution in [0.2, 0.25) is 0 Å². The molecule has 0 atom stereocenters. The summed E-state index contributed by atoms with van der Waals surface area (Å²) in [5.41, 5.74) is 7.66. The van der Waals surface area contributed by atoms with Crippen LogP contribution in [0.1, 0.15) is 55.2 Å². The number of fused-ring (bicyclic) bond motifs is 1. The van der Waals surface area contributed by atoms with Gasteiger partial charge in [0.15, 0.2) is 0 Å². The summed E-state index contributed by atoms with van der Waals surface area (Å²) in [4.78, 5) is 6.27. The number of methoxy groups -OCH3 is 1. The molecule has 1 aliphatic heterocycles. The van der Waals surface area contributed by atoms with Gasteiger partial charge in [0.1, 0.15) is 5.75 Å². The van der Waals surface area contributed by atoms with Gasteiger partial charge in [-0.25, -0.2) is 0 Å². The van der Waals surface area contributed by atoms with Gasteiger partial charge in [0.25, 0.3) is 0 Å². The standard InChI is InChI=1S/C27H37N3O/c1-18(2)21-7-9-26(31-5)24(16-21)27-19(3)23-17-22(6-8-25(23)29-27)20-10-13-30(14-11-20)15-12-28-4/h6-9,16-18,20,28-29H,10-15H2,1-5H3. The second-order valence-corrected chi connectivity index (χ2v) is 9.26. The lowest BCUT2D eigenvalue weighted by Gasteiger charge is -2.32. The van der Waals surface area contributed by atoms with Crippen molar-refractivity contribution < 1.29 is 4.74 Å². The van der Waals surface area contributed by atoms with Crippen LogP contribution >= 0.6 is 0 Å². The number of ether oxygens (including phenoxy) is 1. The monoisotopic (exact) mass is 419 g/mol. The third-order valence-electron chi connectivity index (χ3n) is 6.98. The molecule has 1 aliphatic rings. The largest absolute Gasteiger partial charge is 0.496 e. The van der Waals surface area contributed by atoms with Gasteiger partial charge in [0, 0.05) is 29.6 Å². The fourth-order valence-electron chi connectivity index (χ4n) is 4.91. The number of nitrogens with one attached hydrogen (secondary N) is 2. The molecular weight excluding hydrogens is 382 g/mol. The Morgan fingerprint density at radius 2 is 1.90 bits per heavy atom. The summed E-state index contributed by atoms with van der Waals surface area (Å²) in [6.07, 6.45) is 2.49. The van der Waals surface area contributed by atoms with Gasteiger partial charge in [-0.3, -0.25) is 0 Å². The van der Waals surface area contributed by atoms with Crippen molar-refractivity contribution in [3.8, 4) is 17.0 Å². The van der Waals surface area contributed by atoms with E-state index < -0.39 is 0 Å². The maximum atomic E-state index is 5.71. The second kappa shape index (κ2) is 9.46. The zero-order valence-electron chi connectivity index (χ0n) is 19.7. The van der Waals surface area contributed by atoms with Crippen molar-refractivity contribution in [3.63, 3.8) is 0 Å². The molecule has 1 aromatic heterocycles. The molecule has 0 radical (unpaired) electrons. The Bertz CT molecular complexity index is 1030. The topological polar surface area (TPSA) is 40.3 Å². The van der Waals surface area contributed by atoms with Crippen LogP contribution in [-0.2, 0) is 0 Å². The molecule has 0 spiro atoms. The molecule has 4 heteroatoms. The Hall–Kier alpha value is -2.30. The molecule has 2 aromatic carbocycles. The highest BCUT2D eigenvalue weighted by molar-refractivity contribution is 5.92. The van der Waals surface area contributed by atoms with E-state index >= 15 is 0 Å². The maximum absolute atomic E-state index is 5.71. The van der Waals surface area contributed by atoms with E-state index in [1.54, 1.807) is 7.11 Å². The average molecular weight is 420 g/mol. The van der Waals surface area contributed by atoms with Crippen molar-refractivity contribution in [2.24, 2.45) is 0 Å². The highest BCUT2D eigenvalue weighted by Gasteiger charge is 2.22. The van der Waals surface area contributed by atoms with E-state index in [1.165, 1.54) is 59.2 Å². The van der Waals surface area contributed by atoms with E-state index in [1.807, 2.05) is 7.05 Å². The quantitative estimate of drug-likeness (QED) is 0.518. The van der Waals surface area contributed by atoms with Crippen LogP contribution in [0, 0.1) is 6.92 Å². The Morgan fingerprint density at radius 3 is 2.58 bits per heavy atom. The molecule has 166 valence electrons. The Balaban J connectivity index is 1.63. The van der Waals surface area contributed by atoms with Gasteiger partial charge >= 0.3 is 0 Å². The van der Waals surface area contributed by atoms with E-state index in [0.717, 1.165) is 24.4 Å². The number of benzene rings is 2. The normalized spacial score (nSPS) is 15.8. The van der Waals surface area contributed by atoms with Crippen LogP contribution in [0.5, 0.6) is 5.75 Å². The lowest BCUT2D eigenvalue weighted by molar-refractivity contribution is 0.214. The Morgan fingerprint density at radius 1 is 1.13 bits per heavy atom. The molecule has 2 heterocycles. The van der Waals surface area contributed by atoms with Gasteiger partial charge in [0.05, 0.1) is 12.8 Å². The minimum Gasteiger partial charge on any atom is -0.496 e. The summed E-state index contributed by atoms with van der Waals surface area (Å²) < 4.78 is 5.71. The first-order valence-corrected chi connectivity index (χ1v) is 11.7. The molecule has 4 nitrogen and oxygen atoms in total. The van der Waals surface area contributed by atoms with Gasteiger partial charge in [-0.05, 0) is 92.7 Å². The van der Waals surface area contributed by atoms with Crippen molar-refractivity contribution >= 4 is 10.9 Å². The van der Waals surface area contributed by atoms with Crippen LogP contribution in [0.4, 0.5) is 0 Å². The Labute approximate surface area is 187 Å². The van der Waals surface area contributed by atoms with Gasteiger partial charge in [-0.1, -0.05) is 26.0 Å². The number of likely N-dealkylation sites (N-methyl/N-ethyl adjacent to an activating group) is 1. The SMILES string of the molecule is CNCCN1CCC(c2ccc3[nH]c(-c4cc(C(C)C)ccc4OC)c(C)c3c2)CC1. The highest BCUT2D eigenvalue weighted by Crippen LogP contribution is 2.38. The predicted octanol–water partition coefficient (Wildman–Crippen LogP) is 5.67. The minimum absolute atomic E-state index is 0.486. The van der Waals surface area contributed by atoms with Gasteiger partial charge in [-0.2, -0.15) is 0 Å². The zero-order valence-corrected chi connectivity index (χ0v) is 19.7. The first-order chi connectivity index (χ1) is 15.0. The van der Waals surface area contributed by atoms with Crippen molar-refractivity contribution in [2.45, 2.75) is 45.4 Å². The molecule has 0 saturated carbocycles. The summed E-state index contributed by atoms with van der Waals surface area (Å²) in [5.74, 6) is 2.07. The third kappa shape index (κ3) is 4.51. The number of rotatable bonds is 7. The van der Waals surface area contributed by atoms with Crippen molar-refractivity contribution in [1.29, 1.82) is 0 Å². The molecule has 0 bridgehead atoms. The molecular formula is C27H37N3O. The summed E-state index contributed by atoms with van der Waals surface area (Å²) in [6.45, 7) is 11.3. The van der Waals surface area contributed by atoms with Gasteiger partial charge < -0.3 is 19.9 Å². The summed E-state index contributed by atoms with van der Waals surface area (Å²) >= 11 is 0. The number of hydrogen-bond acceptors (Lipinski definition) is 3. The first kappa shape index (κ1) is 21.9. The molecule has 31 heavy (non-hydrogen) atoms. The molecule has 4 rings (SSSR count). The molecule has 1 fully saturated rings.